The molecule has 112 valence electrons. The second-order valence-corrected chi connectivity index (χ2v) is 7.82. The first kappa shape index (κ1) is 16.4. The van der Waals surface area contributed by atoms with Gasteiger partial charge in [-0.2, -0.15) is 4.31 Å². The first-order valence-electron chi connectivity index (χ1n) is 6.54. The second kappa shape index (κ2) is 6.19. The van der Waals surface area contributed by atoms with Gasteiger partial charge in [-0.1, -0.05) is 20.8 Å². The first-order valence-corrected chi connectivity index (χ1v) is 8.15. The summed E-state index contributed by atoms with van der Waals surface area (Å²) in [5, 5.41) is 3.03. The fourth-order valence-corrected chi connectivity index (χ4v) is 4.27. The number of rotatable bonds is 4. The van der Waals surface area contributed by atoms with Crippen molar-refractivity contribution >= 4 is 16.0 Å². The highest BCUT2D eigenvalue weighted by Gasteiger charge is 2.39. The van der Waals surface area contributed by atoms with Crippen LogP contribution in [-0.2, 0) is 19.6 Å². The SMILES string of the molecule is CCOC(=O)C1CNCCN1S(=O)(=O)CC(C)(C)C. The van der Waals surface area contributed by atoms with Crippen LogP contribution in [0.5, 0.6) is 0 Å². The molecule has 1 heterocycles. The average molecular weight is 292 g/mol. The Balaban J connectivity index is 2.90. The summed E-state index contributed by atoms with van der Waals surface area (Å²) < 4.78 is 31.1. The molecule has 0 saturated carbocycles. The largest absolute Gasteiger partial charge is 0.465 e. The van der Waals surface area contributed by atoms with E-state index in [4.69, 9.17) is 4.74 Å². The summed E-state index contributed by atoms with van der Waals surface area (Å²) in [6, 6.07) is -0.749. The maximum absolute atomic E-state index is 12.4. The van der Waals surface area contributed by atoms with Gasteiger partial charge in [0.25, 0.3) is 0 Å². The van der Waals surface area contributed by atoms with Gasteiger partial charge in [0, 0.05) is 19.6 Å². The van der Waals surface area contributed by atoms with E-state index in [2.05, 4.69) is 5.32 Å². The number of carbonyl (C=O) groups is 1. The Hall–Kier alpha value is -0.660. The molecule has 0 aromatic carbocycles. The molecule has 1 rings (SSSR count). The standard InChI is InChI=1S/C12H24N2O4S/c1-5-18-11(15)10-8-13-6-7-14(10)19(16,17)9-12(2,3)4/h10,13H,5-9H2,1-4H3. The molecule has 6 nitrogen and oxygen atoms in total. The fourth-order valence-electron chi connectivity index (χ4n) is 2.09. The Morgan fingerprint density at radius 1 is 1.42 bits per heavy atom. The molecule has 0 amide bonds. The van der Waals surface area contributed by atoms with Crippen molar-refractivity contribution in [1.29, 1.82) is 0 Å². The normalized spacial score (nSPS) is 22.2. The lowest BCUT2D eigenvalue weighted by Gasteiger charge is -2.35. The van der Waals surface area contributed by atoms with Gasteiger partial charge in [0.2, 0.25) is 10.0 Å². The molecule has 0 aliphatic carbocycles. The van der Waals surface area contributed by atoms with Crippen LogP contribution in [0, 0.1) is 5.41 Å². The number of piperazine rings is 1. The lowest BCUT2D eigenvalue weighted by Crippen LogP contribution is -2.58. The zero-order valence-electron chi connectivity index (χ0n) is 12.1. The van der Waals surface area contributed by atoms with E-state index < -0.39 is 22.0 Å². The topological polar surface area (TPSA) is 75.7 Å². The van der Waals surface area contributed by atoms with Crippen LogP contribution >= 0.6 is 0 Å². The molecule has 1 atom stereocenters. The van der Waals surface area contributed by atoms with E-state index >= 15 is 0 Å². The quantitative estimate of drug-likeness (QED) is 0.749. The minimum atomic E-state index is -3.46. The molecule has 19 heavy (non-hydrogen) atoms. The summed E-state index contributed by atoms with van der Waals surface area (Å²) in [5.74, 6) is -0.456. The smallest absolute Gasteiger partial charge is 0.325 e. The third-order valence-electron chi connectivity index (χ3n) is 2.73. The third kappa shape index (κ3) is 4.74. The molecule has 0 aromatic rings. The maximum Gasteiger partial charge on any atom is 0.325 e. The molecule has 1 unspecified atom stereocenters. The molecule has 0 radical (unpaired) electrons. The maximum atomic E-state index is 12.4. The highest BCUT2D eigenvalue weighted by molar-refractivity contribution is 7.89. The van der Waals surface area contributed by atoms with Crippen molar-refractivity contribution in [1.82, 2.24) is 9.62 Å². The molecule has 0 bridgehead atoms. The zero-order valence-corrected chi connectivity index (χ0v) is 12.9. The molecule has 7 heteroatoms. The van der Waals surface area contributed by atoms with E-state index in [0.29, 0.717) is 19.6 Å². The van der Waals surface area contributed by atoms with Gasteiger partial charge in [-0.05, 0) is 12.3 Å². The molecular weight excluding hydrogens is 268 g/mol. The van der Waals surface area contributed by atoms with Crippen LogP contribution in [0.15, 0.2) is 0 Å². The highest BCUT2D eigenvalue weighted by atomic mass is 32.2. The molecule has 0 spiro atoms. The number of hydrogen-bond donors (Lipinski definition) is 1. The molecule has 0 aromatic heterocycles. The molecular formula is C12H24N2O4S. The number of hydrogen-bond acceptors (Lipinski definition) is 5. The number of nitrogens with zero attached hydrogens (tertiary/aromatic N) is 1. The van der Waals surface area contributed by atoms with Gasteiger partial charge in [-0.3, -0.25) is 4.79 Å². The summed E-state index contributed by atoms with van der Waals surface area (Å²) in [7, 11) is -3.46. The zero-order chi connectivity index (χ0) is 14.7. The predicted molar refractivity (Wildman–Crippen MR) is 73.2 cm³/mol. The summed E-state index contributed by atoms with van der Waals surface area (Å²) in [6.07, 6.45) is 0. The lowest BCUT2D eigenvalue weighted by atomic mass is 10.0. The van der Waals surface area contributed by atoms with Crippen molar-refractivity contribution in [3.63, 3.8) is 0 Å². The second-order valence-electron chi connectivity index (χ2n) is 5.90. The van der Waals surface area contributed by atoms with Crippen molar-refractivity contribution in [2.75, 3.05) is 32.0 Å². The van der Waals surface area contributed by atoms with E-state index in [1.54, 1.807) is 6.92 Å². The van der Waals surface area contributed by atoms with Crippen LogP contribution in [0.2, 0.25) is 0 Å². The summed E-state index contributed by atoms with van der Waals surface area (Å²) in [4.78, 5) is 11.9. The van der Waals surface area contributed by atoms with Crippen molar-refractivity contribution in [2.24, 2.45) is 5.41 Å². The monoisotopic (exact) mass is 292 g/mol. The van der Waals surface area contributed by atoms with Crippen molar-refractivity contribution in [3.8, 4) is 0 Å². The van der Waals surface area contributed by atoms with E-state index in [9.17, 15) is 13.2 Å². The molecule has 1 aliphatic heterocycles. The molecule has 1 aliphatic rings. The number of ether oxygens (including phenoxy) is 1. The van der Waals surface area contributed by atoms with Crippen molar-refractivity contribution in [3.05, 3.63) is 0 Å². The summed E-state index contributed by atoms with van der Waals surface area (Å²) >= 11 is 0. The van der Waals surface area contributed by atoms with E-state index in [1.807, 2.05) is 20.8 Å². The minimum absolute atomic E-state index is 0.0237. The van der Waals surface area contributed by atoms with Gasteiger partial charge >= 0.3 is 5.97 Å². The highest BCUT2D eigenvalue weighted by Crippen LogP contribution is 2.21. The van der Waals surface area contributed by atoms with E-state index in [1.165, 1.54) is 4.31 Å². The van der Waals surface area contributed by atoms with E-state index in [-0.39, 0.29) is 17.8 Å². The first-order chi connectivity index (χ1) is 8.67. The van der Waals surface area contributed by atoms with Gasteiger partial charge in [-0.25, -0.2) is 8.42 Å². The van der Waals surface area contributed by atoms with E-state index in [0.717, 1.165) is 0 Å². The van der Waals surface area contributed by atoms with Gasteiger partial charge in [0.1, 0.15) is 6.04 Å². The Bertz CT molecular complexity index is 414. The van der Waals surface area contributed by atoms with Crippen molar-refractivity contribution < 1.29 is 17.9 Å². The predicted octanol–water partition coefficient (Wildman–Crippen LogP) is 0.199. The lowest BCUT2D eigenvalue weighted by molar-refractivity contribution is -0.148. The van der Waals surface area contributed by atoms with Gasteiger partial charge in [0.15, 0.2) is 0 Å². The van der Waals surface area contributed by atoms with Crippen LogP contribution in [0.4, 0.5) is 0 Å². The van der Waals surface area contributed by atoms with Gasteiger partial charge < -0.3 is 10.1 Å². The van der Waals surface area contributed by atoms with Crippen LogP contribution in [-0.4, -0.2) is 56.7 Å². The number of nitrogens with one attached hydrogen (secondary N) is 1. The molecule has 1 fully saturated rings. The number of sulfonamides is 1. The Kier molecular flexibility index (Phi) is 5.34. The minimum Gasteiger partial charge on any atom is -0.465 e. The summed E-state index contributed by atoms with van der Waals surface area (Å²) in [6.45, 7) is 8.73. The Morgan fingerprint density at radius 2 is 2.05 bits per heavy atom. The van der Waals surface area contributed by atoms with Crippen LogP contribution in [0.3, 0.4) is 0 Å². The fraction of sp³-hybridized carbons (Fsp3) is 0.917. The molecule has 1 N–H and O–H groups in total. The Morgan fingerprint density at radius 3 is 2.58 bits per heavy atom. The third-order valence-corrected chi connectivity index (χ3v) is 5.11. The number of esters is 1. The van der Waals surface area contributed by atoms with Gasteiger partial charge in [-0.15, -0.1) is 0 Å². The van der Waals surface area contributed by atoms with Gasteiger partial charge in [0.05, 0.1) is 12.4 Å². The van der Waals surface area contributed by atoms with Crippen molar-refractivity contribution in [2.45, 2.75) is 33.7 Å². The number of carbonyl (C=O) groups excluding carboxylic acids is 1. The average Bonchev–Trinajstić information content (AvgIpc) is 2.26. The molecule has 1 saturated heterocycles. The summed E-state index contributed by atoms with van der Waals surface area (Å²) in [5.41, 5.74) is -0.344. The Labute approximate surface area is 115 Å². The van der Waals surface area contributed by atoms with Crippen LogP contribution in [0.1, 0.15) is 27.7 Å². The van der Waals surface area contributed by atoms with Crippen LogP contribution in [0.25, 0.3) is 0 Å². The van der Waals surface area contributed by atoms with Crippen LogP contribution < -0.4 is 5.32 Å².